The van der Waals surface area contributed by atoms with Gasteiger partial charge in [0, 0.05) is 13.1 Å². The number of nitrogens with zero attached hydrogens (tertiary/aromatic N) is 2. The Balaban J connectivity index is 2.04. The highest BCUT2D eigenvalue weighted by Crippen LogP contribution is 2.35. The highest BCUT2D eigenvalue weighted by atomic mass is 32.2. The number of sulfonamides is 1. The highest BCUT2D eigenvalue weighted by molar-refractivity contribution is 7.89. The molecule has 118 valence electrons. The molecule has 1 fully saturated rings. The number of thiazole rings is 1. The van der Waals surface area contributed by atoms with Gasteiger partial charge in [-0.2, -0.15) is 4.31 Å². The average molecular weight is 336 g/mol. The molecule has 0 radical (unpaired) electrons. The number of hydrogen-bond acceptors (Lipinski definition) is 4. The summed E-state index contributed by atoms with van der Waals surface area (Å²) in [6.45, 7) is 5.14. The molecule has 1 atom stereocenters. The van der Waals surface area contributed by atoms with E-state index in [9.17, 15) is 8.42 Å². The molecule has 1 saturated heterocycles. The first-order chi connectivity index (χ1) is 10.5. The second-order valence-corrected chi connectivity index (χ2v) is 8.90. The van der Waals surface area contributed by atoms with E-state index in [-0.39, 0.29) is 5.03 Å². The lowest BCUT2D eigenvalue weighted by Crippen LogP contribution is -2.39. The van der Waals surface area contributed by atoms with Crippen molar-refractivity contribution in [2.24, 2.45) is 5.92 Å². The minimum absolute atomic E-state index is 0.218. The summed E-state index contributed by atoms with van der Waals surface area (Å²) in [6.07, 6.45) is 2.01. The monoisotopic (exact) mass is 336 g/mol. The van der Waals surface area contributed by atoms with Crippen LogP contribution in [0.15, 0.2) is 35.4 Å². The molecule has 0 spiro atoms. The Morgan fingerprint density at radius 2 is 2.00 bits per heavy atom. The number of aryl methyl sites for hydroxylation is 1. The fourth-order valence-corrected chi connectivity index (χ4v) is 5.83. The lowest BCUT2D eigenvalue weighted by atomic mass is 10.0. The molecule has 0 N–H and O–H groups in total. The molecule has 4 nitrogen and oxygen atoms in total. The zero-order valence-electron chi connectivity index (χ0n) is 12.8. The SMILES string of the molecule is Cc1nc(S(=O)(=O)N2CCC[C@@H](C)C2)c(-c2ccccc2)s1. The van der Waals surface area contributed by atoms with Gasteiger partial charge in [-0.3, -0.25) is 0 Å². The lowest BCUT2D eigenvalue weighted by molar-refractivity contribution is 0.281. The number of benzene rings is 1. The van der Waals surface area contributed by atoms with Gasteiger partial charge in [0.1, 0.15) is 0 Å². The Labute approximate surface area is 135 Å². The van der Waals surface area contributed by atoms with Crippen LogP contribution in [-0.2, 0) is 10.0 Å². The Morgan fingerprint density at radius 3 is 2.68 bits per heavy atom. The van der Waals surface area contributed by atoms with E-state index in [1.54, 1.807) is 4.31 Å². The average Bonchev–Trinajstić information content (AvgIpc) is 2.91. The molecule has 22 heavy (non-hydrogen) atoms. The largest absolute Gasteiger partial charge is 0.262 e. The van der Waals surface area contributed by atoms with Crippen molar-refractivity contribution in [2.75, 3.05) is 13.1 Å². The highest BCUT2D eigenvalue weighted by Gasteiger charge is 2.33. The number of aromatic nitrogens is 1. The van der Waals surface area contributed by atoms with Crippen LogP contribution in [0.25, 0.3) is 10.4 Å². The van der Waals surface area contributed by atoms with Crippen LogP contribution in [0.3, 0.4) is 0 Å². The van der Waals surface area contributed by atoms with E-state index < -0.39 is 10.0 Å². The van der Waals surface area contributed by atoms with Crippen molar-refractivity contribution < 1.29 is 8.42 Å². The number of rotatable bonds is 3. The maximum Gasteiger partial charge on any atom is 0.262 e. The topological polar surface area (TPSA) is 50.3 Å². The molecule has 1 aromatic heterocycles. The van der Waals surface area contributed by atoms with Crippen LogP contribution in [0.5, 0.6) is 0 Å². The normalized spacial score (nSPS) is 20.2. The molecular formula is C16H20N2O2S2. The van der Waals surface area contributed by atoms with E-state index >= 15 is 0 Å². The molecule has 0 bridgehead atoms. The van der Waals surface area contributed by atoms with E-state index in [1.165, 1.54) is 11.3 Å². The van der Waals surface area contributed by atoms with E-state index in [4.69, 9.17) is 0 Å². The summed E-state index contributed by atoms with van der Waals surface area (Å²) in [4.78, 5) is 5.09. The summed E-state index contributed by atoms with van der Waals surface area (Å²) in [5, 5.41) is 0.998. The van der Waals surface area contributed by atoms with Gasteiger partial charge in [-0.25, -0.2) is 13.4 Å². The summed E-state index contributed by atoms with van der Waals surface area (Å²) >= 11 is 1.44. The molecule has 0 amide bonds. The van der Waals surface area contributed by atoms with Crippen molar-refractivity contribution in [3.05, 3.63) is 35.3 Å². The molecule has 2 aromatic rings. The maximum atomic E-state index is 13.0. The van der Waals surface area contributed by atoms with Crippen molar-refractivity contribution in [1.29, 1.82) is 0 Å². The minimum Gasteiger partial charge on any atom is -0.228 e. The second-order valence-electron chi connectivity index (χ2n) is 5.84. The van der Waals surface area contributed by atoms with Crippen LogP contribution in [0.2, 0.25) is 0 Å². The van der Waals surface area contributed by atoms with Gasteiger partial charge in [0.2, 0.25) is 0 Å². The smallest absolute Gasteiger partial charge is 0.228 e. The van der Waals surface area contributed by atoms with Crippen LogP contribution < -0.4 is 0 Å². The summed E-state index contributed by atoms with van der Waals surface area (Å²) < 4.78 is 27.6. The summed E-state index contributed by atoms with van der Waals surface area (Å²) in [5.74, 6) is 0.406. The predicted octanol–water partition coefficient (Wildman–Crippen LogP) is 3.54. The molecule has 0 saturated carbocycles. The van der Waals surface area contributed by atoms with E-state index in [2.05, 4.69) is 11.9 Å². The van der Waals surface area contributed by atoms with Crippen molar-refractivity contribution in [1.82, 2.24) is 9.29 Å². The van der Waals surface area contributed by atoms with Crippen molar-refractivity contribution >= 4 is 21.4 Å². The zero-order chi connectivity index (χ0) is 15.7. The fourth-order valence-electron chi connectivity index (χ4n) is 2.84. The van der Waals surface area contributed by atoms with Crippen LogP contribution >= 0.6 is 11.3 Å². The van der Waals surface area contributed by atoms with Crippen LogP contribution in [0.1, 0.15) is 24.8 Å². The first-order valence-corrected chi connectivity index (χ1v) is 9.77. The zero-order valence-corrected chi connectivity index (χ0v) is 14.5. The summed E-state index contributed by atoms with van der Waals surface area (Å²) in [5.41, 5.74) is 0.914. The third-order valence-electron chi connectivity index (χ3n) is 3.94. The van der Waals surface area contributed by atoms with E-state index in [0.29, 0.717) is 19.0 Å². The first-order valence-electron chi connectivity index (χ1n) is 7.51. The molecule has 0 aliphatic carbocycles. The van der Waals surface area contributed by atoms with Gasteiger partial charge in [-0.05, 0) is 31.2 Å². The molecular weight excluding hydrogens is 316 g/mol. The quantitative estimate of drug-likeness (QED) is 0.861. The standard InChI is InChI=1S/C16H20N2O2S2/c1-12-7-6-10-18(11-12)22(19,20)16-15(21-13(2)17-16)14-8-4-3-5-9-14/h3-5,8-9,12H,6-7,10-11H2,1-2H3/t12-/m1/s1. The van der Waals surface area contributed by atoms with E-state index in [0.717, 1.165) is 28.3 Å². The Morgan fingerprint density at radius 1 is 1.27 bits per heavy atom. The number of piperidine rings is 1. The van der Waals surface area contributed by atoms with Gasteiger partial charge in [-0.15, -0.1) is 11.3 Å². The molecule has 1 aromatic carbocycles. The molecule has 1 aliphatic heterocycles. The molecule has 6 heteroatoms. The molecule has 2 heterocycles. The van der Waals surface area contributed by atoms with Crippen molar-refractivity contribution in [2.45, 2.75) is 31.7 Å². The Kier molecular flexibility index (Phi) is 4.34. The summed E-state index contributed by atoms with van der Waals surface area (Å²) in [6, 6.07) is 9.64. The van der Waals surface area contributed by atoms with Crippen LogP contribution in [0, 0.1) is 12.8 Å². The minimum atomic E-state index is -3.52. The van der Waals surface area contributed by atoms with Crippen LogP contribution in [0.4, 0.5) is 0 Å². The number of hydrogen-bond donors (Lipinski definition) is 0. The molecule has 0 unspecified atom stereocenters. The third kappa shape index (κ3) is 2.95. The van der Waals surface area contributed by atoms with Gasteiger partial charge in [0.05, 0.1) is 9.88 Å². The first kappa shape index (κ1) is 15.6. The van der Waals surface area contributed by atoms with E-state index in [1.807, 2.05) is 37.3 Å². The third-order valence-corrected chi connectivity index (χ3v) is 6.89. The second kappa shape index (κ2) is 6.10. The predicted molar refractivity (Wildman–Crippen MR) is 89.4 cm³/mol. The van der Waals surface area contributed by atoms with Gasteiger partial charge < -0.3 is 0 Å². The maximum absolute atomic E-state index is 13.0. The van der Waals surface area contributed by atoms with Crippen molar-refractivity contribution in [3.8, 4) is 10.4 Å². The van der Waals surface area contributed by atoms with Gasteiger partial charge >= 0.3 is 0 Å². The fraction of sp³-hybridized carbons (Fsp3) is 0.438. The van der Waals surface area contributed by atoms with Crippen LogP contribution in [-0.4, -0.2) is 30.8 Å². The van der Waals surface area contributed by atoms with Crippen molar-refractivity contribution in [3.63, 3.8) is 0 Å². The van der Waals surface area contributed by atoms with Gasteiger partial charge in [-0.1, -0.05) is 37.3 Å². The lowest BCUT2D eigenvalue weighted by Gasteiger charge is -2.29. The van der Waals surface area contributed by atoms with Gasteiger partial charge in [0.15, 0.2) is 5.03 Å². The van der Waals surface area contributed by atoms with Gasteiger partial charge in [0.25, 0.3) is 10.0 Å². The Bertz CT molecular complexity index is 754. The summed E-state index contributed by atoms with van der Waals surface area (Å²) in [7, 11) is -3.52. The molecule has 1 aliphatic rings. The molecule has 3 rings (SSSR count). The Hall–Kier alpha value is -1.24.